The fraction of sp³-hybridized carbons (Fsp3) is 0.385. The van der Waals surface area contributed by atoms with E-state index in [0.717, 1.165) is 25.9 Å². The summed E-state index contributed by atoms with van der Waals surface area (Å²) in [4.78, 5) is 23.0. The van der Waals surface area contributed by atoms with Crippen molar-refractivity contribution in [3.63, 3.8) is 0 Å². The molecular weight excluding hydrogens is 326 g/mol. The van der Waals surface area contributed by atoms with Crippen molar-refractivity contribution >= 4 is 33.6 Å². The van der Waals surface area contributed by atoms with Gasteiger partial charge in [0.25, 0.3) is 0 Å². The van der Waals surface area contributed by atoms with Gasteiger partial charge in [-0.1, -0.05) is 22.4 Å². The number of nitrogens with one attached hydrogen (secondary N) is 2. The Morgan fingerprint density at radius 2 is 1.90 bits per heavy atom. The van der Waals surface area contributed by atoms with Crippen LogP contribution < -0.4 is 10.7 Å². The number of carboxylic acids is 1. The first-order valence-corrected chi connectivity index (χ1v) is 7.21. The third kappa shape index (κ3) is 3.94. The van der Waals surface area contributed by atoms with Crippen LogP contribution in [0.25, 0.3) is 0 Å². The van der Waals surface area contributed by atoms with E-state index in [0.29, 0.717) is 4.47 Å². The minimum atomic E-state index is -1.08. The summed E-state index contributed by atoms with van der Waals surface area (Å²) in [6, 6.07) is 4.28. The molecule has 0 bridgehead atoms. The quantitative estimate of drug-likeness (QED) is 0.789. The largest absolute Gasteiger partial charge is 0.478 e. The van der Waals surface area contributed by atoms with Crippen LogP contribution in [0.3, 0.4) is 0 Å². The fourth-order valence-corrected chi connectivity index (χ4v) is 2.46. The van der Waals surface area contributed by atoms with Crippen LogP contribution >= 0.6 is 15.9 Å². The second-order valence-corrected chi connectivity index (χ2v) is 5.52. The van der Waals surface area contributed by atoms with Gasteiger partial charge in [0.1, 0.15) is 0 Å². The molecule has 6 nitrogen and oxygen atoms in total. The summed E-state index contributed by atoms with van der Waals surface area (Å²) in [6.45, 7) is 1.64. The highest BCUT2D eigenvalue weighted by Gasteiger charge is 2.16. The molecule has 0 spiro atoms. The Balaban J connectivity index is 2.01. The smallest absolute Gasteiger partial charge is 0.337 e. The Labute approximate surface area is 125 Å². The van der Waals surface area contributed by atoms with E-state index in [1.54, 1.807) is 12.1 Å². The first-order chi connectivity index (χ1) is 9.56. The molecule has 1 fully saturated rings. The number of carbonyl (C=O) groups excluding carboxylic acids is 1. The van der Waals surface area contributed by atoms with Crippen LogP contribution in [0.2, 0.25) is 0 Å². The SMILES string of the molecule is O=C(Nc1ccc(Br)cc1C(=O)O)NN1CCCCC1. The van der Waals surface area contributed by atoms with E-state index in [-0.39, 0.29) is 11.3 Å². The van der Waals surface area contributed by atoms with Gasteiger partial charge < -0.3 is 10.4 Å². The molecule has 1 aromatic carbocycles. The molecule has 2 rings (SSSR count). The van der Waals surface area contributed by atoms with Crippen LogP contribution in [0, 0.1) is 0 Å². The number of anilines is 1. The van der Waals surface area contributed by atoms with Crippen molar-refractivity contribution in [3.05, 3.63) is 28.2 Å². The molecule has 1 heterocycles. The number of nitrogens with zero attached hydrogens (tertiary/aromatic N) is 1. The number of urea groups is 1. The predicted molar refractivity (Wildman–Crippen MR) is 78.7 cm³/mol. The van der Waals surface area contributed by atoms with Gasteiger partial charge in [-0.05, 0) is 31.0 Å². The zero-order valence-electron chi connectivity index (χ0n) is 10.9. The van der Waals surface area contributed by atoms with Crippen LogP contribution in [0.15, 0.2) is 22.7 Å². The summed E-state index contributed by atoms with van der Waals surface area (Å²) in [5.41, 5.74) is 3.05. The monoisotopic (exact) mass is 341 g/mol. The van der Waals surface area contributed by atoms with Crippen LogP contribution in [-0.2, 0) is 0 Å². The summed E-state index contributed by atoms with van der Waals surface area (Å²) in [6.07, 6.45) is 3.29. The molecule has 3 N–H and O–H groups in total. The van der Waals surface area contributed by atoms with Gasteiger partial charge in [-0.15, -0.1) is 0 Å². The Bertz CT molecular complexity index is 516. The van der Waals surface area contributed by atoms with Crippen molar-refractivity contribution in [2.45, 2.75) is 19.3 Å². The van der Waals surface area contributed by atoms with E-state index >= 15 is 0 Å². The molecule has 1 saturated heterocycles. The van der Waals surface area contributed by atoms with E-state index in [4.69, 9.17) is 5.11 Å². The lowest BCUT2D eigenvalue weighted by atomic mass is 10.2. The number of hydrazine groups is 1. The van der Waals surface area contributed by atoms with Crippen molar-refractivity contribution in [2.75, 3.05) is 18.4 Å². The average molecular weight is 342 g/mol. The summed E-state index contributed by atoms with van der Waals surface area (Å²) < 4.78 is 0.650. The summed E-state index contributed by atoms with van der Waals surface area (Å²) in [7, 11) is 0. The van der Waals surface area contributed by atoms with Crippen LogP contribution in [0.4, 0.5) is 10.5 Å². The number of piperidine rings is 1. The molecule has 0 aliphatic carbocycles. The molecule has 1 aliphatic heterocycles. The molecule has 0 atom stereocenters. The van der Waals surface area contributed by atoms with Gasteiger partial charge >= 0.3 is 12.0 Å². The van der Waals surface area contributed by atoms with Gasteiger partial charge in [0.15, 0.2) is 0 Å². The summed E-state index contributed by atoms with van der Waals surface area (Å²) in [5.74, 6) is -1.08. The maximum Gasteiger partial charge on any atom is 0.337 e. The van der Waals surface area contributed by atoms with E-state index in [9.17, 15) is 9.59 Å². The Hall–Kier alpha value is -1.60. The molecule has 7 heteroatoms. The lowest BCUT2D eigenvalue weighted by Gasteiger charge is -2.26. The number of halogens is 1. The van der Waals surface area contributed by atoms with Gasteiger partial charge in [-0.3, -0.25) is 5.43 Å². The first kappa shape index (κ1) is 14.8. The molecule has 0 aromatic heterocycles. The van der Waals surface area contributed by atoms with Gasteiger partial charge in [0.05, 0.1) is 11.3 Å². The van der Waals surface area contributed by atoms with Gasteiger partial charge in [0, 0.05) is 17.6 Å². The fourth-order valence-electron chi connectivity index (χ4n) is 2.10. The van der Waals surface area contributed by atoms with Gasteiger partial charge in [-0.2, -0.15) is 0 Å². The number of rotatable bonds is 3. The van der Waals surface area contributed by atoms with Crippen molar-refractivity contribution in [1.82, 2.24) is 10.4 Å². The number of hydrogen-bond acceptors (Lipinski definition) is 3. The number of hydrogen-bond donors (Lipinski definition) is 3. The average Bonchev–Trinajstić information content (AvgIpc) is 2.41. The highest BCUT2D eigenvalue weighted by atomic mass is 79.9. The molecule has 108 valence electrons. The molecular formula is C13H16BrN3O3. The number of carbonyl (C=O) groups is 2. The number of benzene rings is 1. The first-order valence-electron chi connectivity index (χ1n) is 6.41. The van der Waals surface area contributed by atoms with Crippen molar-refractivity contribution in [1.29, 1.82) is 0 Å². The molecule has 2 amide bonds. The van der Waals surface area contributed by atoms with E-state index in [1.165, 1.54) is 12.5 Å². The highest BCUT2D eigenvalue weighted by molar-refractivity contribution is 9.10. The zero-order valence-corrected chi connectivity index (χ0v) is 12.4. The minimum absolute atomic E-state index is 0.0492. The standard InChI is InChI=1S/C13H16BrN3O3/c14-9-4-5-11(10(8-9)12(18)19)15-13(20)16-17-6-2-1-3-7-17/h4-5,8H,1-3,6-7H2,(H,18,19)(H2,15,16,20). The second-order valence-electron chi connectivity index (χ2n) is 4.61. The van der Waals surface area contributed by atoms with Crippen LogP contribution in [-0.4, -0.2) is 35.2 Å². The molecule has 20 heavy (non-hydrogen) atoms. The third-order valence-corrected chi connectivity index (χ3v) is 3.57. The van der Waals surface area contributed by atoms with E-state index in [2.05, 4.69) is 26.7 Å². The zero-order chi connectivity index (χ0) is 14.5. The second kappa shape index (κ2) is 6.71. The molecule has 1 aliphatic rings. The Morgan fingerprint density at radius 3 is 2.55 bits per heavy atom. The van der Waals surface area contributed by atoms with Crippen molar-refractivity contribution < 1.29 is 14.7 Å². The topological polar surface area (TPSA) is 81.7 Å². The Kier molecular flexibility index (Phi) is 4.97. The molecule has 0 unspecified atom stereocenters. The lowest BCUT2D eigenvalue weighted by Crippen LogP contribution is -2.46. The number of carboxylic acid groups (broad SMARTS) is 1. The molecule has 1 aromatic rings. The predicted octanol–water partition coefficient (Wildman–Crippen LogP) is 2.67. The van der Waals surface area contributed by atoms with Gasteiger partial charge in [-0.25, -0.2) is 14.6 Å². The van der Waals surface area contributed by atoms with E-state index in [1.807, 2.05) is 5.01 Å². The maximum atomic E-state index is 11.9. The van der Waals surface area contributed by atoms with Crippen LogP contribution in [0.1, 0.15) is 29.6 Å². The van der Waals surface area contributed by atoms with E-state index < -0.39 is 12.0 Å². The molecule has 0 radical (unpaired) electrons. The van der Waals surface area contributed by atoms with Crippen molar-refractivity contribution in [3.8, 4) is 0 Å². The third-order valence-electron chi connectivity index (χ3n) is 3.08. The summed E-state index contributed by atoms with van der Waals surface area (Å²) in [5, 5.41) is 13.5. The highest BCUT2D eigenvalue weighted by Crippen LogP contribution is 2.21. The summed E-state index contributed by atoms with van der Waals surface area (Å²) >= 11 is 3.21. The lowest BCUT2D eigenvalue weighted by molar-refractivity contribution is 0.0698. The molecule has 0 saturated carbocycles. The number of aromatic carboxylic acids is 1. The Morgan fingerprint density at radius 1 is 1.20 bits per heavy atom. The maximum absolute atomic E-state index is 11.9. The minimum Gasteiger partial charge on any atom is -0.478 e. The van der Waals surface area contributed by atoms with Crippen LogP contribution in [0.5, 0.6) is 0 Å². The normalized spacial score (nSPS) is 15.7. The van der Waals surface area contributed by atoms with Crippen molar-refractivity contribution in [2.24, 2.45) is 0 Å². The van der Waals surface area contributed by atoms with Gasteiger partial charge in [0.2, 0.25) is 0 Å². The number of amides is 2.